The van der Waals surface area contributed by atoms with Crippen LogP contribution in [0.3, 0.4) is 0 Å². The van der Waals surface area contributed by atoms with E-state index in [1.165, 1.54) is 24.3 Å². The van der Waals surface area contributed by atoms with E-state index in [4.69, 9.17) is 5.73 Å². The first-order valence-electron chi connectivity index (χ1n) is 6.02. The number of nitrogens with two attached hydrogens (primary N) is 1. The second-order valence-corrected chi connectivity index (χ2v) is 5.99. The van der Waals surface area contributed by atoms with Gasteiger partial charge in [-0.15, -0.1) is 0 Å². The number of nitro benzene ring substituents is 2. The number of nitrogen functional groups attached to an aromatic ring is 1. The quantitative estimate of drug-likeness (QED) is 0.478. The molecule has 2 rings (SSSR count). The van der Waals surface area contributed by atoms with E-state index in [0.29, 0.717) is 0 Å². The molecule has 10 nitrogen and oxygen atoms in total. The van der Waals surface area contributed by atoms with E-state index in [1.54, 1.807) is 0 Å². The molecule has 0 bridgehead atoms. The van der Waals surface area contributed by atoms with Gasteiger partial charge in [0.1, 0.15) is 0 Å². The predicted octanol–water partition coefficient (Wildman–Crippen LogP) is 1.89. The predicted molar refractivity (Wildman–Crippen MR) is 81.4 cm³/mol. The van der Waals surface area contributed by atoms with Crippen LogP contribution >= 0.6 is 0 Å². The molecule has 0 atom stereocenters. The summed E-state index contributed by atoms with van der Waals surface area (Å²) in [7, 11) is -4.57. The fourth-order valence-corrected chi connectivity index (χ4v) is 3.26. The largest absolute Gasteiger partial charge is 0.399 e. The second-order valence-electron chi connectivity index (χ2n) is 4.37. The van der Waals surface area contributed by atoms with Gasteiger partial charge in [0, 0.05) is 17.8 Å². The Hall–Kier alpha value is -3.21. The van der Waals surface area contributed by atoms with Crippen LogP contribution in [0.15, 0.2) is 47.4 Å². The summed E-state index contributed by atoms with van der Waals surface area (Å²) in [4.78, 5) is 19.0. The molecular formula is C12H10N4O6S. The lowest BCUT2D eigenvalue weighted by Crippen LogP contribution is -2.16. The third-order valence-electron chi connectivity index (χ3n) is 2.77. The third-order valence-corrected chi connectivity index (χ3v) is 4.23. The van der Waals surface area contributed by atoms with E-state index < -0.39 is 36.1 Å². The molecule has 0 heterocycles. The zero-order chi connectivity index (χ0) is 17.2. The summed E-state index contributed by atoms with van der Waals surface area (Å²) in [5.41, 5.74) is 4.01. The zero-order valence-corrected chi connectivity index (χ0v) is 12.2. The molecule has 0 spiro atoms. The van der Waals surface area contributed by atoms with Crippen LogP contribution in [0.2, 0.25) is 0 Å². The van der Waals surface area contributed by atoms with Crippen LogP contribution < -0.4 is 10.5 Å². The number of nitrogens with one attached hydrogen (secondary N) is 1. The minimum atomic E-state index is -4.57. The van der Waals surface area contributed by atoms with Crippen LogP contribution in [-0.4, -0.2) is 18.3 Å². The van der Waals surface area contributed by atoms with Crippen LogP contribution in [0, 0.1) is 20.2 Å². The summed E-state index contributed by atoms with van der Waals surface area (Å²) in [6, 6.07) is 8.39. The zero-order valence-electron chi connectivity index (χ0n) is 11.4. The normalized spacial score (nSPS) is 11.0. The average molecular weight is 338 g/mol. The fraction of sp³-hybridized carbons (Fsp3) is 0. The summed E-state index contributed by atoms with van der Waals surface area (Å²) in [5, 5.41) is 22.0. The number of rotatable bonds is 5. The van der Waals surface area contributed by atoms with Crippen molar-refractivity contribution < 1.29 is 18.3 Å². The second kappa shape index (κ2) is 5.88. The van der Waals surface area contributed by atoms with Crippen LogP contribution in [0.1, 0.15) is 0 Å². The first-order valence-corrected chi connectivity index (χ1v) is 7.51. The number of benzene rings is 2. The summed E-state index contributed by atoms with van der Waals surface area (Å²) >= 11 is 0. The lowest BCUT2D eigenvalue weighted by molar-refractivity contribution is -0.399. The first kappa shape index (κ1) is 16.2. The molecule has 2 aromatic carbocycles. The molecule has 0 amide bonds. The molecule has 0 saturated carbocycles. The van der Waals surface area contributed by atoms with Crippen molar-refractivity contribution in [2.45, 2.75) is 4.90 Å². The third kappa shape index (κ3) is 3.35. The minimum Gasteiger partial charge on any atom is -0.399 e. The molecule has 11 heteroatoms. The van der Waals surface area contributed by atoms with Crippen molar-refractivity contribution in [3.63, 3.8) is 0 Å². The Morgan fingerprint density at radius 3 is 1.96 bits per heavy atom. The van der Waals surface area contributed by atoms with Crippen molar-refractivity contribution in [1.29, 1.82) is 0 Å². The topological polar surface area (TPSA) is 158 Å². The molecule has 0 saturated heterocycles. The summed E-state index contributed by atoms with van der Waals surface area (Å²) in [5.74, 6) is 0. The van der Waals surface area contributed by atoms with E-state index in [2.05, 4.69) is 0 Å². The molecule has 0 unspecified atom stereocenters. The van der Waals surface area contributed by atoms with Crippen LogP contribution in [0.4, 0.5) is 22.7 Å². The standard InChI is InChI=1S/C12H10N4O6S/c13-8-3-1-4-9(7-8)14-23(21,22)12-10(15(17)18)5-2-6-11(12)16(19)20/h1-7,14H,13H2. The van der Waals surface area contributed by atoms with Gasteiger partial charge in [-0.2, -0.15) is 0 Å². The highest BCUT2D eigenvalue weighted by Crippen LogP contribution is 2.34. The number of nitro groups is 2. The van der Waals surface area contributed by atoms with Crippen LogP contribution in [-0.2, 0) is 10.0 Å². The van der Waals surface area contributed by atoms with Gasteiger partial charge < -0.3 is 5.73 Å². The number of anilines is 2. The van der Waals surface area contributed by atoms with Gasteiger partial charge in [-0.05, 0) is 24.3 Å². The molecule has 0 aliphatic rings. The van der Waals surface area contributed by atoms with Crippen LogP contribution in [0.5, 0.6) is 0 Å². The van der Waals surface area contributed by atoms with Crippen molar-refractivity contribution in [3.05, 3.63) is 62.7 Å². The number of hydrogen-bond acceptors (Lipinski definition) is 7. The van der Waals surface area contributed by atoms with E-state index >= 15 is 0 Å². The maximum atomic E-state index is 12.4. The Bertz CT molecular complexity index is 864. The summed E-state index contributed by atoms with van der Waals surface area (Å²) in [6.45, 7) is 0. The molecule has 0 radical (unpaired) electrons. The molecule has 0 aromatic heterocycles. The first-order chi connectivity index (χ1) is 10.7. The van der Waals surface area contributed by atoms with Gasteiger partial charge in [0.15, 0.2) is 0 Å². The summed E-state index contributed by atoms with van der Waals surface area (Å²) in [6.07, 6.45) is 0. The molecule has 0 fully saturated rings. The number of sulfonamides is 1. The van der Waals surface area contributed by atoms with Crippen molar-refractivity contribution >= 4 is 32.8 Å². The average Bonchev–Trinajstić information content (AvgIpc) is 2.45. The SMILES string of the molecule is Nc1cccc(NS(=O)(=O)c2c([N+](=O)[O-])cccc2[N+](=O)[O-])c1. The van der Waals surface area contributed by atoms with Gasteiger partial charge in [0.25, 0.3) is 21.4 Å². The molecule has 3 N–H and O–H groups in total. The molecular weight excluding hydrogens is 328 g/mol. The van der Waals surface area contributed by atoms with Gasteiger partial charge in [0.05, 0.1) is 15.5 Å². The van der Waals surface area contributed by atoms with Gasteiger partial charge in [-0.3, -0.25) is 25.0 Å². The highest BCUT2D eigenvalue weighted by Gasteiger charge is 2.35. The Kier molecular flexibility index (Phi) is 4.14. The number of nitrogens with zero attached hydrogens (tertiary/aromatic N) is 2. The minimum absolute atomic E-state index is 0.0254. The van der Waals surface area contributed by atoms with E-state index in [9.17, 15) is 28.6 Å². The van der Waals surface area contributed by atoms with E-state index in [-0.39, 0.29) is 11.4 Å². The Labute approximate surface area is 129 Å². The number of hydrogen-bond donors (Lipinski definition) is 2. The maximum Gasteiger partial charge on any atom is 0.297 e. The highest BCUT2D eigenvalue weighted by molar-refractivity contribution is 7.93. The maximum absolute atomic E-state index is 12.4. The lowest BCUT2D eigenvalue weighted by atomic mass is 10.3. The molecule has 0 aliphatic carbocycles. The molecule has 0 aliphatic heterocycles. The monoisotopic (exact) mass is 338 g/mol. The Balaban J connectivity index is 2.63. The highest BCUT2D eigenvalue weighted by atomic mass is 32.2. The van der Waals surface area contributed by atoms with Crippen molar-refractivity contribution in [1.82, 2.24) is 0 Å². The molecule has 120 valence electrons. The lowest BCUT2D eigenvalue weighted by Gasteiger charge is -2.09. The Morgan fingerprint density at radius 1 is 0.957 bits per heavy atom. The van der Waals surface area contributed by atoms with Crippen LogP contribution in [0.25, 0.3) is 0 Å². The van der Waals surface area contributed by atoms with Gasteiger partial charge in [0.2, 0.25) is 4.90 Å². The van der Waals surface area contributed by atoms with Gasteiger partial charge in [-0.1, -0.05) is 6.07 Å². The summed E-state index contributed by atoms with van der Waals surface area (Å²) < 4.78 is 26.9. The molecule has 2 aromatic rings. The van der Waals surface area contributed by atoms with Crippen molar-refractivity contribution in [2.24, 2.45) is 0 Å². The van der Waals surface area contributed by atoms with E-state index in [1.807, 2.05) is 4.72 Å². The van der Waals surface area contributed by atoms with Crippen molar-refractivity contribution in [2.75, 3.05) is 10.5 Å². The Morgan fingerprint density at radius 2 is 1.48 bits per heavy atom. The van der Waals surface area contributed by atoms with Gasteiger partial charge in [-0.25, -0.2) is 8.42 Å². The van der Waals surface area contributed by atoms with Gasteiger partial charge >= 0.3 is 0 Å². The van der Waals surface area contributed by atoms with E-state index in [0.717, 1.165) is 18.2 Å². The molecule has 23 heavy (non-hydrogen) atoms. The van der Waals surface area contributed by atoms with Crippen molar-refractivity contribution in [3.8, 4) is 0 Å². The smallest absolute Gasteiger partial charge is 0.297 e. The fourth-order valence-electron chi connectivity index (χ4n) is 1.88.